The highest BCUT2D eigenvalue weighted by Crippen LogP contribution is 2.25. The van der Waals surface area contributed by atoms with E-state index in [-0.39, 0.29) is 31.0 Å². The van der Waals surface area contributed by atoms with Crippen LogP contribution in [-0.4, -0.2) is 42.5 Å². The lowest BCUT2D eigenvalue weighted by atomic mass is 10.1. The third kappa shape index (κ3) is 6.28. The molecule has 3 rings (SSSR count). The molecule has 0 bridgehead atoms. The second-order valence-electron chi connectivity index (χ2n) is 8.38. The smallest absolute Gasteiger partial charge is 0.261 e. The van der Waals surface area contributed by atoms with Crippen molar-refractivity contribution in [2.45, 2.75) is 52.2 Å². The van der Waals surface area contributed by atoms with E-state index in [1.807, 2.05) is 87.5 Å². The van der Waals surface area contributed by atoms with Crippen molar-refractivity contribution < 1.29 is 19.1 Å². The molecule has 0 spiro atoms. The number of carbonyl (C=O) groups is 2. The third-order valence-electron chi connectivity index (χ3n) is 5.97. The van der Waals surface area contributed by atoms with Gasteiger partial charge in [0.2, 0.25) is 5.91 Å². The molecule has 0 unspecified atom stereocenters. The molecule has 3 aromatic rings. The molecular weight excluding hydrogens is 428 g/mol. The minimum absolute atomic E-state index is 0.0299. The topological polar surface area (TPSA) is 67.9 Å². The van der Waals surface area contributed by atoms with Crippen LogP contribution in [0.3, 0.4) is 0 Å². The number of methoxy groups -OCH3 is 1. The molecule has 0 aliphatic heterocycles. The van der Waals surface area contributed by atoms with Crippen LogP contribution in [0.1, 0.15) is 39.2 Å². The highest BCUT2D eigenvalue weighted by atomic mass is 16.5. The minimum Gasteiger partial charge on any atom is -0.497 e. The maximum absolute atomic E-state index is 13.5. The second-order valence-corrected chi connectivity index (χ2v) is 8.38. The molecule has 1 N–H and O–H groups in total. The summed E-state index contributed by atoms with van der Waals surface area (Å²) < 4.78 is 11.3. The van der Waals surface area contributed by atoms with Gasteiger partial charge in [0.05, 0.1) is 7.11 Å². The van der Waals surface area contributed by atoms with Crippen LogP contribution >= 0.6 is 0 Å². The molecular formula is C28H34N2O4. The van der Waals surface area contributed by atoms with E-state index < -0.39 is 6.04 Å². The third-order valence-corrected chi connectivity index (χ3v) is 5.97. The second kappa shape index (κ2) is 12.1. The SMILES string of the molecule is CC[C@H](C(=O)N[C@@H](C)CC)N(Cc1cccc(OC)c1)C(=O)COc1cccc2ccccc12. The lowest BCUT2D eigenvalue weighted by molar-refractivity contribution is -0.143. The van der Waals surface area contributed by atoms with E-state index in [1.54, 1.807) is 12.0 Å². The number of rotatable bonds is 11. The van der Waals surface area contributed by atoms with Crippen LogP contribution in [-0.2, 0) is 16.1 Å². The van der Waals surface area contributed by atoms with Crippen LogP contribution in [0.25, 0.3) is 10.8 Å². The van der Waals surface area contributed by atoms with E-state index in [2.05, 4.69) is 5.32 Å². The highest BCUT2D eigenvalue weighted by Gasteiger charge is 2.29. The summed E-state index contributed by atoms with van der Waals surface area (Å²) in [5, 5.41) is 5.01. The molecule has 0 aromatic heterocycles. The fourth-order valence-corrected chi connectivity index (χ4v) is 3.87. The van der Waals surface area contributed by atoms with E-state index in [0.29, 0.717) is 17.9 Å². The maximum atomic E-state index is 13.5. The first kappa shape index (κ1) is 25.1. The normalized spacial score (nSPS) is 12.6. The summed E-state index contributed by atoms with van der Waals surface area (Å²) in [5.74, 6) is 0.944. The van der Waals surface area contributed by atoms with Gasteiger partial charge in [-0.05, 0) is 48.9 Å². The first-order valence-corrected chi connectivity index (χ1v) is 11.8. The van der Waals surface area contributed by atoms with Gasteiger partial charge in [-0.15, -0.1) is 0 Å². The van der Waals surface area contributed by atoms with Gasteiger partial charge in [-0.3, -0.25) is 9.59 Å². The molecule has 2 amide bonds. The predicted octanol–water partition coefficient (Wildman–Crippen LogP) is 4.95. The van der Waals surface area contributed by atoms with Crippen molar-refractivity contribution in [2.24, 2.45) is 0 Å². The number of fused-ring (bicyclic) bond motifs is 1. The highest BCUT2D eigenvalue weighted by molar-refractivity contribution is 5.90. The Bertz CT molecular complexity index is 1110. The van der Waals surface area contributed by atoms with Crippen molar-refractivity contribution in [3.8, 4) is 11.5 Å². The number of benzene rings is 3. The summed E-state index contributed by atoms with van der Waals surface area (Å²) in [6.07, 6.45) is 1.31. The summed E-state index contributed by atoms with van der Waals surface area (Å²) in [6.45, 7) is 6.01. The Morgan fingerprint density at radius 2 is 1.71 bits per heavy atom. The van der Waals surface area contributed by atoms with Gasteiger partial charge in [-0.25, -0.2) is 0 Å². The van der Waals surface area contributed by atoms with Crippen LogP contribution in [0, 0.1) is 0 Å². The summed E-state index contributed by atoms with van der Waals surface area (Å²) >= 11 is 0. The Kier molecular flexibility index (Phi) is 8.91. The molecule has 180 valence electrons. The summed E-state index contributed by atoms with van der Waals surface area (Å²) in [7, 11) is 1.61. The zero-order valence-electron chi connectivity index (χ0n) is 20.4. The predicted molar refractivity (Wildman–Crippen MR) is 135 cm³/mol. The van der Waals surface area contributed by atoms with Gasteiger partial charge in [0.25, 0.3) is 5.91 Å². The quantitative estimate of drug-likeness (QED) is 0.438. The Morgan fingerprint density at radius 1 is 0.971 bits per heavy atom. The van der Waals surface area contributed by atoms with Crippen molar-refractivity contribution in [3.05, 3.63) is 72.3 Å². The average molecular weight is 463 g/mol. The molecule has 0 aliphatic carbocycles. The van der Waals surface area contributed by atoms with Crippen LogP contribution < -0.4 is 14.8 Å². The standard InChI is InChI=1S/C28H34N2O4/c1-5-20(3)29-28(32)25(6-2)30(18-21-11-9-14-23(17-21)33-4)27(31)19-34-26-16-10-13-22-12-7-8-15-24(22)26/h7-17,20,25H,5-6,18-19H2,1-4H3,(H,29,32)/t20-,25+/m0/s1. The van der Waals surface area contributed by atoms with Gasteiger partial charge in [0.15, 0.2) is 6.61 Å². The lowest BCUT2D eigenvalue weighted by Crippen LogP contribution is -2.51. The zero-order valence-corrected chi connectivity index (χ0v) is 20.4. The first-order valence-electron chi connectivity index (χ1n) is 11.8. The van der Waals surface area contributed by atoms with E-state index in [4.69, 9.17) is 9.47 Å². The number of carbonyl (C=O) groups excluding carboxylic acids is 2. The van der Waals surface area contributed by atoms with E-state index in [0.717, 1.165) is 22.8 Å². The molecule has 0 heterocycles. The number of amides is 2. The summed E-state index contributed by atoms with van der Waals surface area (Å²) in [4.78, 5) is 28.2. The average Bonchev–Trinajstić information content (AvgIpc) is 2.87. The fourth-order valence-electron chi connectivity index (χ4n) is 3.87. The number of nitrogens with zero attached hydrogens (tertiary/aromatic N) is 1. The number of nitrogens with one attached hydrogen (secondary N) is 1. The fraction of sp³-hybridized carbons (Fsp3) is 0.357. The van der Waals surface area contributed by atoms with Gasteiger partial charge in [0, 0.05) is 18.0 Å². The first-order chi connectivity index (χ1) is 16.5. The molecule has 0 saturated heterocycles. The molecule has 0 aliphatic rings. The van der Waals surface area contributed by atoms with Crippen LogP contribution in [0.4, 0.5) is 0 Å². The van der Waals surface area contributed by atoms with Crippen molar-refractivity contribution in [1.29, 1.82) is 0 Å². The van der Waals surface area contributed by atoms with Crippen LogP contribution in [0.15, 0.2) is 66.7 Å². The minimum atomic E-state index is -0.608. The largest absolute Gasteiger partial charge is 0.497 e. The van der Waals surface area contributed by atoms with Gasteiger partial charge in [0.1, 0.15) is 17.5 Å². The van der Waals surface area contributed by atoms with Crippen molar-refractivity contribution in [3.63, 3.8) is 0 Å². The van der Waals surface area contributed by atoms with Crippen LogP contribution in [0.5, 0.6) is 11.5 Å². The summed E-state index contributed by atoms with van der Waals surface area (Å²) in [6, 6.07) is 20.6. The van der Waals surface area contributed by atoms with Crippen molar-refractivity contribution >= 4 is 22.6 Å². The van der Waals surface area contributed by atoms with Gasteiger partial charge in [-0.1, -0.05) is 62.4 Å². The Balaban J connectivity index is 1.84. The van der Waals surface area contributed by atoms with Crippen LogP contribution in [0.2, 0.25) is 0 Å². The molecule has 0 saturated carbocycles. The Morgan fingerprint density at radius 3 is 2.44 bits per heavy atom. The van der Waals surface area contributed by atoms with Gasteiger partial charge in [-0.2, -0.15) is 0 Å². The number of ether oxygens (including phenoxy) is 2. The lowest BCUT2D eigenvalue weighted by Gasteiger charge is -2.31. The molecule has 3 aromatic carbocycles. The molecule has 0 radical (unpaired) electrons. The van der Waals surface area contributed by atoms with Gasteiger partial charge >= 0.3 is 0 Å². The van der Waals surface area contributed by atoms with Crippen molar-refractivity contribution in [1.82, 2.24) is 10.2 Å². The molecule has 6 heteroatoms. The van der Waals surface area contributed by atoms with E-state index in [9.17, 15) is 9.59 Å². The van der Waals surface area contributed by atoms with E-state index in [1.165, 1.54) is 0 Å². The maximum Gasteiger partial charge on any atom is 0.261 e. The Labute approximate surface area is 201 Å². The number of hydrogen-bond acceptors (Lipinski definition) is 4. The molecule has 6 nitrogen and oxygen atoms in total. The monoisotopic (exact) mass is 462 g/mol. The zero-order chi connectivity index (χ0) is 24.5. The van der Waals surface area contributed by atoms with Gasteiger partial charge < -0.3 is 19.7 Å². The molecule has 0 fully saturated rings. The molecule has 2 atom stereocenters. The van der Waals surface area contributed by atoms with Crippen molar-refractivity contribution in [2.75, 3.05) is 13.7 Å². The Hall–Kier alpha value is -3.54. The summed E-state index contributed by atoms with van der Waals surface area (Å²) in [5.41, 5.74) is 0.882. The van der Waals surface area contributed by atoms with E-state index >= 15 is 0 Å². The number of hydrogen-bond donors (Lipinski definition) is 1. The molecule has 34 heavy (non-hydrogen) atoms.